The smallest absolute Gasteiger partial charge is 0.409 e. The van der Waals surface area contributed by atoms with Crippen molar-refractivity contribution < 1.29 is 47.8 Å². The van der Waals surface area contributed by atoms with Gasteiger partial charge in [-0.3, -0.25) is 24.0 Å². The topological polar surface area (TPSA) is 179 Å². The lowest BCUT2D eigenvalue weighted by Crippen LogP contribution is -2.56. The Balaban J connectivity index is 1.49. The largest absolute Gasteiger partial charge is 0.483 e. The van der Waals surface area contributed by atoms with Crippen LogP contribution in [0.5, 0.6) is 5.75 Å². The van der Waals surface area contributed by atoms with Crippen molar-refractivity contribution in [2.24, 2.45) is 0 Å². The molecule has 5 amide bonds. The molecule has 3 heterocycles. The number of para-hydroxylation sites is 1. The van der Waals surface area contributed by atoms with Crippen molar-refractivity contribution in [1.82, 2.24) is 30.1 Å². The van der Waals surface area contributed by atoms with Crippen molar-refractivity contribution in [2.45, 2.75) is 51.6 Å². The van der Waals surface area contributed by atoms with E-state index >= 15 is 0 Å². The number of piperazine rings is 1. The average molecular weight is 659 g/mol. The maximum Gasteiger partial charge on any atom is 0.409 e. The molecule has 15 nitrogen and oxygen atoms in total. The number of carbonyl (C=O) groups excluding carboxylic acids is 5. The maximum absolute atomic E-state index is 14.0. The number of ether oxygens (including phenoxy) is 2. The number of carboxylic acid groups (broad SMARTS) is 1. The van der Waals surface area contributed by atoms with Crippen molar-refractivity contribution in [3.05, 3.63) is 36.0 Å². The van der Waals surface area contributed by atoms with Crippen LogP contribution < -0.4 is 10.1 Å². The first-order valence-corrected chi connectivity index (χ1v) is 15.6. The van der Waals surface area contributed by atoms with Gasteiger partial charge in [0, 0.05) is 50.6 Å². The van der Waals surface area contributed by atoms with Crippen LogP contribution in [0.3, 0.4) is 0 Å². The fourth-order valence-corrected chi connectivity index (χ4v) is 5.54. The zero-order valence-electron chi connectivity index (χ0n) is 26.4. The van der Waals surface area contributed by atoms with Crippen molar-refractivity contribution in [1.29, 1.82) is 0 Å². The standard InChI is InChI=1S/C31H39FN6O9/c1-3-38(32)30(44)24-10-7-13-37(24)26(39)19-47-25-18-23(33-21-9-6-5-8-20(21)25)28(42)34-22(11-12-27(40)41)29(43)35-14-16-36(17-15-35)31(45)46-4-2/h5-6,8-9,18,22,24H,3-4,7,10-17,19H2,1-2H3,(H,34,42)(H,40,41). The van der Waals surface area contributed by atoms with E-state index in [0.29, 0.717) is 23.7 Å². The van der Waals surface area contributed by atoms with Crippen LogP contribution in [0.25, 0.3) is 10.9 Å². The molecule has 2 fully saturated rings. The molecular formula is C31H39FN6O9. The first-order valence-electron chi connectivity index (χ1n) is 15.6. The molecule has 2 aliphatic rings. The number of carboxylic acids is 1. The van der Waals surface area contributed by atoms with Crippen molar-refractivity contribution in [3.63, 3.8) is 0 Å². The molecule has 16 heteroatoms. The summed E-state index contributed by atoms with van der Waals surface area (Å²) in [6, 6.07) is 5.91. The Morgan fingerprint density at radius 1 is 1.06 bits per heavy atom. The zero-order chi connectivity index (χ0) is 34.1. The number of pyridine rings is 1. The molecule has 2 unspecified atom stereocenters. The van der Waals surface area contributed by atoms with E-state index in [1.165, 1.54) is 27.7 Å². The maximum atomic E-state index is 14.0. The molecule has 2 aliphatic heterocycles. The normalized spacial score (nSPS) is 16.8. The van der Waals surface area contributed by atoms with Gasteiger partial charge >= 0.3 is 12.1 Å². The van der Waals surface area contributed by atoms with E-state index in [9.17, 15) is 38.4 Å². The number of hydrogen-bond donors (Lipinski definition) is 2. The Morgan fingerprint density at radius 2 is 1.77 bits per heavy atom. The van der Waals surface area contributed by atoms with Crippen LogP contribution >= 0.6 is 0 Å². The number of rotatable bonds is 12. The summed E-state index contributed by atoms with van der Waals surface area (Å²) in [7, 11) is 0. The molecule has 2 N–H and O–H groups in total. The van der Waals surface area contributed by atoms with Gasteiger partial charge < -0.3 is 34.6 Å². The van der Waals surface area contributed by atoms with Crippen molar-refractivity contribution in [2.75, 3.05) is 52.5 Å². The molecule has 1 aromatic carbocycles. The SMILES string of the molecule is CCOC(=O)N1CCN(C(=O)C(CCC(=O)O)NC(=O)c2cc(OCC(=O)N3CCCC3C(=O)N(F)CC)c3ccccc3n2)CC1. The quantitative estimate of drug-likeness (QED) is 0.318. The van der Waals surface area contributed by atoms with E-state index in [0.717, 1.165) is 0 Å². The molecule has 47 heavy (non-hydrogen) atoms. The number of nitrogens with zero attached hydrogens (tertiary/aromatic N) is 5. The Hall–Kier alpha value is -5.02. The minimum absolute atomic E-state index is 0.0796. The molecule has 2 atom stereocenters. The summed E-state index contributed by atoms with van der Waals surface area (Å²) < 4.78 is 24.8. The molecule has 2 saturated heterocycles. The number of aliphatic carboxylic acids is 1. The molecule has 0 aliphatic carbocycles. The summed E-state index contributed by atoms with van der Waals surface area (Å²) in [5.74, 6) is -3.60. The highest BCUT2D eigenvalue weighted by atomic mass is 19.2. The van der Waals surface area contributed by atoms with Gasteiger partial charge in [-0.05, 0) is 45.2 Å². The van der Waals surface area contributed by atoms with E-state index in [1.54, 1.807) is 31.2 Å². The van der Waals surface area contributed by atoms with E-state index in [2.05, 4.69) is 10.3 Å². The number of likely N-dealkylation sites (tertiary alicyclic amines) is 1. The van der Waals surface area contributed by atoms with Crippen LogP contribution in [0.1, 0.15) is 50.0 Å². The third kappa shape index (κ3) is 8.62. The predicted octanol–water partition coefficient (Wildman–Crippen LogP) is 1.60. The van der Waals surface area contributed by atoms with Crippen LogP contribution in [0.15, 0.2) is 30.3 Å². The highest BCUT2D eigenvalue weighted by Crippen LogP contribution is 2.27. The van der Waals surface area contributed by atoms with Crippen LogP contribution in [-0.2, 0) is 23.9 Å². The number of halogens is 1. The Bertz CT molecular complexity index is 1500. The number of amides is 5. The summed E-state index contributed by atoms with van der Waals surface area (Å²) in [4.78, 5) is 84.4. The second kappa shape index (κ2) is 16.0. The summed E-state index contributed by atoms with van der Waals surface area (Å²) >= 11 is 0. The molecule has 254 valence electrons. The van der Waals surface area contributed by atoms with Crippen LogP contribution in [0, 0.1) is 0 Å². The monoisotopic (exact) mass is 658 g/mol. The van der Waals surface area contributed by atoms with Crippen molar-refractivity contribution >= 4 is 46.6 Å². The second-order valence-electron chi connectivity index (χ2n) is 11.0. The highest BCUT2D eigenvalue weighted by molar-refractivity contribution is 5.99. The van der Waals surface area contributed by atoms with Gasteiger partial charge in [0.1, 0.15) is 23.5 Å². The lowest BCUT2D eigenvalue weighted by Gasteiger charge is -2.35. The van der Waals surface area contributed by atoms with E-state index in [-0.39, 0.29) is 75.3 Å². The van der Waals surface area contributed by atoms with Crippen LogP contribution in [0.2, 0.25) is 0 Å². The Morgan fingerprint density at radius 3 is 2.45 bits per heavy atom. The van der Waals surface area contributed by atoms with Gasteiger partial charge in [-0.15, -0.1) is 0 Å². The molecule has 0 bridgehead atoms. The predicted molar refractivity (Wildman–Crippen MR) is 164 cm³/mol. The molecule has 1 aromatic heterocycles. The summed E-state index contributed by atoms with van der Waals surface area (Å²) in [5, 5.41) is 12.5. The van der Waals surface area contributed by atoms with E-state index < -0.39 is 54.4 Å². The number of fused-ring (bicyclic) bond motifs is 1. The minimum Gasteiger partial charge on any atom is -0.483 e. The molecular weight excluding hydrogens is 619 g/mol. The number of benzene rings is 1. The van der Waals surface area contributed by atoms with Gasteiger partial charge in [-0.2, -0.15) is 5.12 Å². The van der Waals surface area contributed by atoms with E-state index in [1.807, 2.05) is 0 Å². The van der Waals surface area contributed by atoms with Gasteiger partial charge in [0.05, 0.1) is 18.7 Å². The Labute approximate surface area is 270 Å². The summed E-state index contributed by atoms with van der Waals surface area (Å²) in [6.07, 6.45) is -0.205. The third-order valence-electron chi connectivity index (χ3n) is 8.00. The summed E-state index contributed by atoms with van der Waals surface area (Å²) in [5.41, 5.74) is 0.216. The number of aromatic nitrogens is 1. The van der Waals surface area contributed by atoms with E-state index in [4.69, 9.17) is 9.47 Å². The second-order valence-corrected chi connectivity index (χ2v) is 11.0. The van der Waals surface area contributed by atoms with Crippen LogP contribution in [0.4, 0.5) is 9.28 Å². The highest BCUT2D eigenvalue weighted by Gasteiger charge is 2.37. The first-order chi connectivity index (χ1) is 22.5. The van der Waals surface area contributed by atoms with Gasteiger partial charge in [0.2, 0.25) is 5.91 Å². The van der Waals surface area contributed by atoms with Gasteiger partial charge in [-0.25, -0.2) is 9.78 Å². The average Bonchev–Trinajstić information content (AvgIpc) is 3.58. The fraction of sp³-hybridized carbons (Fsp3) is 0.516. The van der Waals surface area contributed by atoms with Gasteiger partial charge in [0.15, 0.2) is 6.61 Å². The molecule has 4 rings (SSSR count). The fourth-order valence-electron chi connectivity index (χ4n) is 5.54. The Kier molecular flexibility index (Phi) is 11.9. The number of likely N-dealkylation sites (N-methyl/N-ethyl adjacent to an activating group) is 1. The molecule has 0 radical (unpaired) electrons. The summed E-state index contributed by atoms with van der Waals surface area (Å²) in [6.45, 7) is 3.80. The van der Waals surface area contributed by atoms with Crippen molar-refractivity contribution in [3.8, 4) is 5.75 Å². The molecule has 0 spiro atoms. The zero-order valence-corrected chi connectivity index (χ0v) is 26.4. The van der Waals surface area contributed by atoms with Crippen LogP contribution in [-0.4, -0.2) is 130 Å². The minimum atomic E-state index is -1.20. The van der Waals surface area contributed by atoms with Gasteiger partial charge in [-0.1, -0.05) is 16.6 Å². The third-order valence-corrected chi connectivity index (χ3v) is 8.00. The van der Waals surface area contributed by atoms with Gasteiger partial charge in [0.25, 0.3) is 17.7 Å². The lowest BCUT2D eigenvalue weighted by atomic mass is 10.1. The first kappa shape index (κ1) is 34.8. The molecule has 2 aromatic rings. The number of hydrogen-bond acceptors (Lipinski definition) is 9. The number of carbonyl (C=O) groups is 6. The lowest BCUT2D eigenvalue weighted by molar-refractivity contribution is -0.155. The molecule has 0 saturated carbocycles. The number of nitrogens with one attached hydrogen (secondary N) is 1.